The minimum absolute atomic E-state index is 0.00241. The highest BCUT2D eigenvalue weighted by molar-refractivity contribution is 6.31. The van der Waals surface area contributed by atoms with Gasteiger partial charge in [-0.2, -0.15) is 0 Å². The first-order valence-electron chi connectivity index (χ1n) is 7.64. The topological polar surface area (TPSA) is 29.1 Å². The van der Waals surface area contributed by atoms with Crippen molar-refractivity contribution in [3.8, 4) is 0 Å². The molecule has 0 saturated heterocycles. The van der Waals surface area contributed by atoms with E-state index in [9.17, 15) is 4.79 Å². The van der Waals surface area contributed by atoms with Crippen molar-refractivity contribution in [1.82, 2.24) is 5.32 Å². The van der Waals surface area contributed by atoms with Crippen molar-refractivity contribution < 1.29 is 4.79 Å². The van der Waals surface area contributed by atoms with E-state index in [1.807, 2.05) is 42.5 Å². The van der Waals surface area contributed by atoms with Crippen LogP contribution in [0.25, 0.3) is 0 Å². The van der Waals surface area contributed by atoms with Crippen LogP contribution in [0.3, 0.4) is 0 Å². The second-order valence-corrected chi connectivity index (χ2v) is 6.34. The number of halogens is 1. The van der Waals surface area contributed by atoms with Crippen molar-refractivity contribution in [2.75, 3.05) is 0 Å². The Morgan fingerprint density at radius 1 is 1.05 bits per heavy atom. The molecule has 0 aliphatic carbocycles. The van der Waals surface area contributed by atoms with Gasteiger partial charge in [-0.3, -0.25) is 4.79 Å². The number of carbonyl (C=O) groups excluding carboxylic acids is 1. The molecule has 2 rings (SSSR count). The zero-order chi connectivity index (χ0) is 15.9. The Labute approximate surface area is 137 Å². The zero-order valence-corrected chi connectivity index (χ0v) is 13.8. The van der Waals surface area contributed by atoms with Gasteiger partial charge in [0.2, 0.25) is 5.91 Å². The lowest BCUT2D eigenvalue weighted by Crippen LogP contribution is -2.30. The van der Waals surface area contributed by atoms with Gasteiger partial charge in [0.05, 0.1) is 12.5 Å². The third-order valence-corrected chi connectivity index (χ3v) is 3.92. The minimum atomic E-state index is 0.00241. The van der Waals surface area contributed by atoms with Crippen LogP contribution in [0.15, 0.2) is 54.6 Å². The maximum Gasteiger partial charge on any atom is 0.224 e. The molecule has 0 spiro atoms. The van der Waals surface area contributed by atoms with Gasteiger partial charge in [0, 0.05) is 5.02 Å². The summed E-state index contributed by atoms with van der Waals surface area (Å²) in [6, 6.07) is 17.6. The van der Waals surface area contributed by atoms with E-state index in [-0.39, 0.29) is 11.9 Å². The third-order valence-electron chi connectivity index (χ3n) is 3.55. The molecule has 2 nitrogen and oxygen atoms in total. The Morgan fingerprint density at radius 3 is 2.32 bits per heavy atom. The summed E-state index contributed by atoms with van der Waals surface area (Å²) in [6.45, 7) is 4.33. The van der Waals surface area contributed by atoms with Gasteiger partial charge in [0.15, 0.2) is 0 Å². The van der Waals surface area contributed by atoms with Crippen LogP contribution >= 0.6 is 11.6 Å². The predicted octanol–water partition coefficient (Wildman–Crippen LogP) is 4.79. The summed E-state index contributed by atoms with van der Waals surface area (Å²) >= 11 is 6.13. The van der Waals surface area contributed by atoms with Crippen LogP contribution in [0.2, 0.25) is 5.02 Å². The highest BCUT2D eigenvalue weighted by Crippen LogP contribution is 2.22. The lowest BCUT2D eigenvalue weighted by Gasteiger charge is -2.21. The molecular weight excluding hydrogens is 294 g/mol. The first-order valence-corrected chi connectivity index (χ1v) is 8.01. The molecule has 1 amide bonds. The fourth-order valence-electron chi connectivity index (χ4n) is 2.50. The van der Waals surface area contributed by atoms with Crippen molar-refractivity contribution >= 4 is 17.5 Å². The Hall–Kier alpha value is -1.80. The molecule has 0 saturated carbocycles. The van der Waals surface area contributed by atoms with E-state index in [4.69, 9.17) is 11.6 Å². The summed E-state index contributed by atoms with van der Waals surface area (Å²) in [4.78, 5) is 12.4. The standard InChI is InChI=1S/C19H22ClNO/c1-14(2)12-18(15-8-4-3-5-9-15)21-19(22)13-16-10-6-7-11-17(16)20/h3-11,14,18H,12-13H2,1-2H3,(H,21,22)/t18-/m0/s1. The van der Waals surface area contributed by atoms with Crippen LogP contribution < -0.4 is 5.32 Å². The number of hydrogen-bond donors (Lipinski definition) is 1. The van der Waals surface area contributed by atoms with E-state index in [1.165, 1.54) is 0 Å². The lowest BCUT2D eigenvalue weighted by atomic mass is 9.96. The molecule has 2 aromatic carbocycles. The van der Waals surface area contributed by atoms with Gasteiger partial charge in [-0.05, 0) is 29.5 Å². The summed E-state index contributed by atoms with van der Waals surface area (Å²) in [6.07, 6.45) is 1.22. The largest absolute Gasteiger partial charge is 0.349 e. The number of benzene rings is 2. The second-order valence-electron chi connectivity index (χ2n) is 5.93. The minimum Gasteiger partial charge on any atom is -0.349 e. The van der Waals surface area contributed by atoms with Crippen molar-refractivity contribution in [2.45, 2.75) is 32.7 Å². The third kappa shape index (κ3) is 4.88. The molecular formula is C19H22ClNO. The molecule has 0 aliphatic rings. The number of nitrogens with one attached hydrogen (secondary N) is 1. The number of hydrogen-bond acceptors (Lipinski definition) is 1. The maximum atomic E-state index is 12.4. The molecule has 2 aromatic rings. The Bertz CT molecular complexity index is 610. The summed E-state index contributed by atoms with van der Waals surface area (Å²) in [5.41, 5.74) is 2.00. The molecule has 1 N–H and O–H groups in total. The van der Waals surface area contributed by atoms with Gasteiger partial charge in [-0.15, -0.1) is 0 Å². The average Bonchev–Trinajstić information content (AvgIpc) is 2.49. The molecule has 0 aromatic heterocycles. The molecule has 0 bridgehead atoms. The van der Waals surface area contributed by atoms with Gasteiger partial charge in [-0.25, -0.2) is 0 Å². The van der Waals surface area contributed by atoms with Crippen molar-refractivity contribution in [1.29, 1.82) is 0 Å². The number of rotatable bonds is 6. The molecule has 0 unspecified atom stereocenters. The predicted molar refractivity (Wildman–Crippen MR) is 91.9 cm³/mol. The van der Waals surface area contributed by atoms with Gasteiger partial charge in [0.25, 0.3) is 0 Å². The fourth-order valence-corrected chi connectivity index (χ4v) is 2.70. The smallest absolute Gasteiger partial charge is 0.224 e. The van der Waals surface area contributed by atoms with E-state index < -0.39 is 0 Å². The summed E-state index contributed by atoms with van der Waals surface area (Å²) < 4.78 is 0. The normalized spacial score (nSPS) is 12.2. The van der Waals surface area contributed by atoms with Gasteiger partial charge >= 0.3 is 0 Å². The van der Waals surface area contributed by atoms with Gasteiger partial charge in [-0.1, -0.05) is 74.0 Å². The van der Waals surface area contributed by atoms with Gasteiger partial charge < -0.3 is 5.32 Å². The van der Waals surface area contributed by atoms with Crippen molar-refractivity contribution in [2.24, 2.45) is 5.92 Å². The maximum absolute atomic E-state index is 12.4. The molecule has 3 heteroatoms. The average molecular weight is 316 g/mol. The van der Waals surface area contributed by atoms with E-state index in [1.54, 1.807) is 0 Å². The van der Waals surface area contributed by atoms with Crippen LogP contribution in [0.5, 0.6) is 0 Å². The van der Waals surface area contributed by atoms with Gasteiger partial charge in [0.1, 0.15) is 0 Å². The van der Waals surface area contributed by atoms with Crippen LogP contribution in [0.4, 0.5) is 0 Å². The SMILES string of the molecule is CC(C)C[C@H](NC(=O)Cc1ccccc1Cl)c1ccccc1. The highest BCUT2D eigenvalue weighted by Gasteiger charge is 2.16. The quantitative estimate of drug-likeness (QED) is 0.816. The highest BCUT2D eigenvalue weighted by atomic mass is 35.5. The van der Waals surface area contributed by atoms with Crippen LogP contribution in [-0.4, -0.2) is 5.91 Å². The molecule has 22 heavy (non-hydrogen) atoms. The first-order chi connectivity index (χ1) is 10.6. The molecule has 0 heterocycles. The fraction of sp³-hybridized carbons (Fsp3) is 0.316. The van der Waals surface area contributed by atoms with E-state index in [2.05, 4.69) is 31.3 Å². The molecule has 1 atom stereocenters. The van der Waals surface area contributed by atoms with Crippen LogP contribution in [0, 0.1) is 5.92 Å². The van der Waals surface area contributed by atoms with Crippen molar-refractivity contribution in [3.63, 3.8) is 0 Å². The first kappa shape index (κ1) is 16.6. The summed E-state index contributed by atoms with van der Waals surface area (Å²) in [7, 11) is 0. The monoisotopic (exact) mass is 315 g/mol. The van der Waals surface area contributed by atoms with E-state index >= 15 is 0 Å². The van der Waals surface area contributed by atoms with E-state index in [0.29, 0.717) is 17.4 Å². The lowest BCUT2D eigenvalue weighted by molar-refractivity contribution is -0.121. The Morgan fingerprint density at radius 2 is 1.68 bits per heavy atom. The van der Waals surface area contributed by atoms with Crippen LogP contribution in [0.1, 0.15) is 37.4 Å². The Balaban J connectivity index is 2.07. The molecule has 0 fully saturated rings. The van der Waals surface area contributed by atoms with Crippen LogP contribution in [-0.2, 0) is 11.2 Å². The Kier molecular flexibility index (Phi) is 6.02. The summed E-state index contributed by atoms with van der Waals surface area (Å²) in [5.74, 6) is 0.508. The van der Waals surface area contributed by atoms with Crippen molar-refractivity contribution in [3.05, 3.63) is 70.7 Å². The number of amides is 1. The molecule has 116 valence electrons. The van der Waals surface area contributed by atoms with E-state index in [0.717, 1.165) is 17.5 Å². The number of carbonyl (C=O) groups is 1. The zero-order valence-electron chi connectivity index (χ0n) is 13.1. The molecule has 0 radical (unpaired) electrons. The summed E-state index contributed by atoms with van der Waals surface area (Å²) in [5, 5.41) is 3.78. The second kappa shape index (κ2) is 8.00. The molecule has 0 aliphatic heterocycles.